The van der Waals surface area contributed by atoms with Crippen molar-refractivity contribution in [2.45, 2.75) is 0 Å². The molecule has 18 heavy (non-hydrogen) atoms. The summed E-state index contributed by atoms with van der Waals surface area (Å²) in [5.41, 5.74) is -0.565. The average molecular weight is 246 g/mol. The van der Waals surface area contributed by atoms with Gasteiger partial charge in [-0.15, -0.1) is 0 Å². The fourth-order valence-corrected chi connectivity index (χ4v) is 1.22. The first-order chi connectivity index (χ1) is 8.49. The van der Waals surface area contributed by atoms with Crippen molar-refractivity contribution in [1.82, 2.24) is 5.32 Å². The molecular weight excluding hydrogens is 238 g/mol. The van der Waals surface area contributed by atoms with Crippen LogP contribution in [0.3, 0.4) is 0 Å². The Hall–Kier alpha value is -2.88. The number of carbonyl (C=O) groups is 1. The molecule has 92 valence electrons. The second kappa shape index (κ2) is 5.45. The van der Waals surface area contributed by atoms with Gasteiger partial charge in [0.15, 0.2) is 0 Å². The van der Waals surface area contributed by atoms with E-state index in [2.05, 4.69) is 5.32 Å². The van der Waals surface area contributed by atoms with Crippen molar-refractivity contribution in [2.24, 2.45) is 0 Å². The van der Waals surface area contributed by atoms with Crippen LogP contribution in [0.25, 0.3) is 6.08 Å². The van der Waals surface area contributed by atoms with Crippen LogP contribution >= 0.6 is 0 Å². The third kappa shape index (κ3) is 2.82. The Bertz CT molecular complexity index is 572. The van der Waals surface area contributed by atoms with Gasteiger partial charge in [0.25, 0.3) is 11.6 Å². The minimum atomic E-state index is -0.814. The van der Waals surface area contributed by atoms with E-state index in [0.717, 1.165) is 12.1 Å². The Morgan fingerprint density at radius 2 is 2.22 bits per heavy atom. The van der Waals surface area contributed by atoms with E-state index in [-0.39, 0.29) is 11.1 Å². The van der Waals surface area contributed by atoms with Gasteiger partial charge in [-0.1, -0.05) is 12.1 Å². The lowest BCUT2D eigenvalue weighted by molar-refractivity contribution is -0.398. The van der Waals surface area contributed by atoms with Gasteiger partial charge in [0.2, 0.25) is 0 Å². The predicted molar refractivity (Wildman–Crippen MR) is 60.2 cm³/mol. The molecule has 0 aliphatic heterocycles. The lowest BCUT2D eigenvalue weighted by atomic mass is 10.1. The van der Waals surface area contributed by atoms with E-state index in [1.165, 1.54) is 19.2 Å². The van der Waals surface area contributed by atoms with Crippen molar-refractivity contribution in [2.75, 3.05) is 7.05 Å². The number of amides is 1. The van der Waals surface area contributed by atoms with Crippen LogP contribution in [0.4, 0.5) is 5.69 Å². The van der Waals surface area contributed by atoms with Gasteiger partial charge in [0.1, 0.15) is 11.6 Å². The zero-order valence-corrected chi connectivity index (χ0v) is 9.34. The molecule has 0 aliphatic carbocycles. The summed E-state index contributed by atoms with van der Waals surface area (Å²) in [6.07, 6.45) is 1.17. The van der Waals surface area contributed by atoms with Gasteiger partial charge in [-0.05, 0) is 17.4 Å². The van der Waals surface area contributed by atoms with Crippen LogP contribution in [-0.4, -0.2) is 17.9 Å². The monoisotopic (exact) mass is 246 g/mol. The standard InChI is InChI=1S/C11H9N3O4/c1-13-11(16)8(6-12)4-7-2-3-10(15)9(5-7)14(17)18/h2-5,15H,1H3,(H,13,16)/p-1/b8-4+. The first kappa shape index (κ1) is 13.2. The van der Waals surface area contributed by atoms with Gasteiger partial charge < -0.3 is 10.4 Å². The van der Waals surface area contributed by atoms with Crippen LogP contribution in [0, 0.1) is 21.4 Å². The molecule has 0 aromatic heterocycles. The molecule has 0 saturated carbocycles. The summed E-state index contributed by atoms with van der Waals surface area (Å²) in [6, 6.07) is 5.00. The fraction of sp³-hybridized carbons (Fsp3) is 0.0909. The molecule has 1 amide bonds. The number of likely N-dealkylation sites (N-methyl/N-ethyl adjacent to an activating group) is 1. The number of benzene rings is 1. The molecule has 0 fully saturated rings. The van der Waals surface area contributed by atoms with Gasteiger partial charge in [-0.3, -0.25) is 14.9 Å². The number of nitrogens with one attached hydrogen (secondary N) is 1. The van der Waals surface area contributed by atoms with E-state index in [1.807, 2.05) is 0 Å². The first-order valence-electron chi connectivity index (χ1n) is 4.79. The topological polar surface area (TPSA) is 119 Å². The molecule has 7 nitrogen and oxygen atoms in total. The average Bonchev–Trinajstić information content (AvgIpc) is 2.36. The maximum Gasteiger partial charge on any atom is 0.262 e. The zero-order chi connectivity index (χ0) is 13.7. The Morgan fingerprint density at radius 1 is 1.56 bits per heavy atom. The van der Waals surface area contributed by atoms with Gasteiger partial charge in [-0.25, -0.2) is 0 Å². The number of nitro benzene ring substituents is 1. The normalized spacial score (nSPS) is 10.6. The second-order valence-corrected chi connectivity index (χ2v) is 3.23. The minimum Gasteiger partial charge on any atom is -0.868 e. The Morgan fingerprint density at radius 3 is 2.72 bits per heavy atom. The van der Waals surface area contributed by atoms with E-state index in [4.69, 9.17) is 5.26 Å². The second-order valence-electron chi connectivity index (χ2n) is 3.23. The Labute approximate surface area is 102 Å². The number of rotatable bonds is 3. The highest BCUT2D eigenvalue weighted by molar-refractivity contribution is 6.01. The van der Waals surface area contributed by atoms with E-state index in [1.54, 1.807) is 6.07 Å². The Balaban J connectivity index is 3.23. The summed E-state index contributed by atoms with van der Waals surface area (Å²) in [4.78, 5) is 21.0. The van der Waals surface area contributed by atoms with Crippen LogP contribution in [0.1, 0.15) is 5.56 Å². The summed E-state index contributed by atoms with van der Waals surface area (Å²) in [6.45, 7) is 0. The van der Waals surface area contributed by atoms with E-state index in [0.29, 0.717) is 0 Å². The summed E-state index contributed by atoms with van der Waals surface area (Å²) >= 11 is 0. The maximum atomic E-state index is 11.2. The number of nitriles is 1. The van der Waals surface area contributed by atoms with Gasteiger partial charge in [0.05, 0.1) is 4.92 Å². The van der Waals surface area contributed by atoms with Crippen LogP contribution in [-0.2, 0) is 4.79 Å². The minimum absolute atomic E-state index is 0.203. The molecule has 0 heterocycles. The third-order valence-electron chi connectivity index (χ3n) is 2.08. The smallest absolute Gasteiger partial charge is 0.262 e. The Kier molecular flexibility index (Phi) is 3.99. The highest BCUT2D eigenvalue weighted by atomic mass is 16.6. The molecule has 1 rings (SSSR count). The van der Waals surface area contributed by atoms with Crippen LogP contribution in [0.2, 0.25) is 0 Å². The maximum absolute atomic E-state index is 11.2. The molecule has 1 aromatic rings. The SMILES string of the molecule is CNC(=O)/C(C#N)=C/c1ccc([O-])c([N+](=O)[O-])c1. The van der Waals surface area contributed by atoms with Crippen molar-refractivity contribution in [3.8, 4) is 11.8 Å². The van der Waals surface area contributed by atoms with E-state index >= 15 is 0 Å². The molecule has 7 heteroatoms. The predicted octanol–water partition coefficient (Wildman–Crippen LogP) is 0.321. The summed E-state index contributed by atoms with van der Waals surface area (Å²) in [5, 5.41) is 32.7. The molecule has 0 bridgehead atoms. The lowest BCUT2D eigenvalue weighted by Gasteiger charge is -2.06. The third-order valence-corrected chi connectivity index (χ3v) is 2.08. The van der Waals surface area contributed by atoms with Crippen molar-refractivity contribution < 1.29 is 14.8 Å². The fourth-order valence-electron chi connectivity index (χ4n) is 1.22. The molecule has 0 unspecified atom stereocenters. The molecule has 0 spiro atoms. The summed E-state index contributed by atoms with van der Waals surface area (Å²) < 4.78 is 0. The number of hydrogen-bond donors (Lipinski definition) is 1. The summed E-state index contributed by atoms with van der Waals surface area (Å²) in [7, 11) is 1.36. The largest absolute Gasteiger partial charge is 0.868 e. The quantitative estimate of drug-likeness (QED) is 0.356. The summed E-state index contributed by atoms with van der Waals surface area (Å²) in [5.74, 6) is -1.33. The zero-order valence-electron chi connectivity index (χ0n) is 9.34. The van der Waals surface area contributed by atoms with Gasteiger partial charge in [0, 0.05) is 13.1 Å². The van der Waals surface area contributed by atoms with E-state index < -0.39 is 22.3 Å². The van der Waals surface area contributed by atoms with E-state index in [9.17, 15) is 20.0 Å². The van der Waals surface area contributed by atoms with Crippen LogP contribution in [0.15, 0.2) is 23.8 Å². The molecule has 0 atom stereocenters. The van der Waals surface area contributed by atoms with Crippen LogP contribution < -0.4 is 10.4 Å². The number of carbonyl (C=O) groups excluding carboxylic acids is 1. The van der Waals surface area contributed by atoms with Crippen LogP contribution in [0.5, 0.6) is 5.75 Å². The molecule has 0 saturated heterocycles. The van der Waals surface area contributed by atoms with Crippen molar-refractivity contribution in [3.05, 3.63) is 39.4 Å². The molecule has 1 aromatic carbocycles. The molecule has 0 aliphatic rings. The number of nitrogens with zero attached hydrogens (tertiary/aromatic N) is 2. The molecule has 1 N–H and O–H groups in total. The molecule has 0 radical (unpaired) electrons. The highest BCUT2D eigenvalue weighted by Gasteiger charge is 2.10. The van der Waals surface area contributed by atoms with Crippen molar-refractivity contribution >= 4 is 17.7 Å². The van der Waals surface area contributed by atoms with Crippen molar-refractivity contribution in [1.29, 1.82) is 5.26 Å². The van der Waals surface area contributed by atoms with Crippen molar-refractivity contribution in [3.63, 3.8) is 0 Å². The first-order valence-corrected chi connectivity index (χ1v) is 4.79. The number of hydrogen-bond acceptors (Lipinski definition) is 5. The highest BCUT2D eigenvalue weighted by Crippen LogP contribution is 2.24. The lowest BCUT2D eigenvalue weighted by Crippen LogP contribution is -2.19. The molecular formula is C11H8N3O4-. The van der Waals surface area contributed by atoms with Gasteiger partial charge in [-0.2, -0.15) is 5.26 Å². The number of nitro groups is 1. The van der Waals surface area contributed by atoms with Gasteiger partial charge >= 0.3 is 0 Å².